The topological polar surface area (TPSA) is 58.6 Å². The third kappa shape index (κ3) is 7.09. The Labute approximate surface area is 178 Å². The van der Waals surface area contributed by atoms with E-state index in [2.05, 4.69) is 5.32 Å². The fourth-order valence-electron chi connectivity index (χ4n) is 2.81. The number of halogens is 1. The van der Waals surface area contributed by atoms with E-state index in [1.54, 1.807) is 36.1 Å². The highest BCUT2D eigenvalue weighted by Crippen LogP contribution is 2.17. The van der Waals surface area contributed by atoms with Crippen LogP contribution in [0.1, 0.15) is 38.3 Å². The average Bonchev–Trinajstić information content (AvgIpc) is 2.70. The van der Waals surface area contributed by atoms with Crippen LogP contribution in [0.3, 0.4) is 0 Å². The molecule has 0 aliphatic rings. The Morgan fingerprint density at radius 1 is 1.14 bits per heavy atom. The lowest BCUT2D eigenvalue weighted by molar-refractivity contribution is -0.142. The number of nitrogens with zero attached hydrogens (tertiary/aromatic N) is 1. The quantitative estimate of drug-likeness (QED) is 0.660. The van der Waals surface area contributed by atoms with E-state index >= 15 is 0 Å². The number of ether oxygens (including phenoxy) is 1. The molecule has 2 aromatic carbocycles. The zero-order chi connectivity index (χ0) is 21.4. The van der Waals surface area contributed by atoms with Crippen molar-refractivity contribution < 1.29 is 14.3 Å². The van der Waals surface area contributed by atoms with Gasteiger partial charge in [0.2, 0.25) is 5.91 Å². The Morgan fingerprint density at radius 2 is 1.83 bits per heavy atom. The molecule has 0 saturated carbocycles. The number of aryl methyl sites for hydroxylation is 1. The summed E-state index contributed by atoms with van der Waals surface area (Å²) in [6.07, 6.45) is 0.823. The summed E-state index contributed by atoms with van der Waals surface area (Å²) >= 11 is 5.88. The lowest BCUT2D eigenvalue weighted by atomic mass is 10.1. The minimum absolute atomic E-state index is 0.0474. The molecule has 0 heterocycles. The highest BCUT2D eigenvalue weighted by molar-refractivity contribution is 6.30. The van der Waals surface area contributed by atoms with Gasteiger partial charge >= 0.3 is 0 Å². The van der Waals surface area contributed by atoms with Crippen LogP contribution in [0, 0.1) is 6.92 Å². The highest BCUT2D eigenvalue weighted by Gasteiger charge is 2.27. The number of carbonyl (C=O) groups excluding carboxylic acids is 2. The van der Waals surface area contributed by atoms with Crippen LogP contribution in [0.25, 0.3) is 0 Å². The van der Waals surface area contributed by atoms with Gasteiger partial charge in [-0.3, -0.25) is 9.59 Å². The molecule has 0 fully saturated rings. The number of nitrogens with one attached hydrogen (secondary N) is 1. The molecule has 6 heteroatoms. The van der Waals surface area contributed by atoms with Gasteiger partial charge in [0.05, 0.1) is 0 Å². The molecule has 2 atom stereocenters. The maximum atomic E-state index is 13.0. The predicted molar refractivity (Wildman–Crippen MR) is 116 cm³/mol. The second-order valence-electron chi connectivity index (χ2n) is 7.25. The maximum Gasteiger partial charge on any atom is 0.261 e. The van der Waals surface area contributed by atoms with Crippen LogP contribution in [0.15, 0.2) is 48.5 Å². The van der Waals surface area contributed by atoms with E-state index in [9.17, 15) is 9.59 Å². The van der Waals surface area contributed by atoms with Crippen LogP contribution >= 0.6 is 11.6 Å². The molecule has 0 radical (unpaired) electrons. The molecule has 0 aliphatic heterocycles. The van der Waals surface area contributed by atoms with Crippen molar-refractivity contribution in [1.82, 2.24) is 10.2 Å². The first-order valence-electron chi connectivity index (χ1n) is 9.84. The molecule has 0 unspecified atom stereocenters. The first-order valence-corrected chi connectivity index (χ1v) is 10.2. The first kappa shape index (κ1) is 22.8. The summed E-state index contributed by atoms with van der Waals surface area (Å²) in [5.74, 6) is 0.120. The second kappa shape index (κ2) is 10.9. The molecule has 0 aliphatic carbocycles. The van der Waals surface area contributed by atoms with Gasteiger partial charge in [0, 0.05) is 17.6 Å². The third-order valence-corrected chi connectivity index (χ3v) is 5.03. The van der Waals surface area contributed by atoms with Crippen LogP contribution < -0.4 is 10.1 Å². The predicted octanol–water partition coefficient (Wildman–Crippen LogP) is 4.36. The molecule has 29 heavy (non-hydrogen) atoms. The number of amides is 2. The zero-order valence-electron chi connectivity index (χ0n) is 17.4. The van der Waals surface area contributed by atoms with E-state index in [4.69, 9.17) is 16.3 Å². The van der Waals surface area contributed by atoms with Crippen molar-refractivity contribution in [3.05, 3.63) is 64.7 Å². The Hall–Kier alpha value is -2.53. The third-order valence-electron chi connectivity index (χ3n) is 4.78. The summed E-state index contributed by atoms with van der Waals surface area (Å²) in [5.41, 5.74) is 2.07. The van der Waals surface area contributed by atoms with Gasteiger partial charge in [-0.2, -0.15) is 0 Å². The van der Waals surface area contributed by atoms with Crippen molar-refractivity contribution in [2.75, 3.05) is 6.61 Å². The van der Waals surface area contributed by atoms with E-state index in [0.29, 0.717) is 17.3 Å². The largest absolute Gasteiger partial charge is 0.484 e. The molecule has 2 amide bonds. The Balaban J connectivity index is 2.14. The second-order valence-corrected chi connectivity index (χ2v) is 7.68. The van der Waals surface area contributed by atoms with Crippen LogP contribution in [0.5, 0.6) is 5.75 Å². The molecule has 2 aromatic rings. The van der Waals surface area contributed by atoms with Crippen molar-refractivity contribution in [1.29, 1.82) is 0 Å². The summed E-state index contributed by atoms with van der Waals surface area (Å²) in [5, 5.41) is 3.55. The van der Waals surface area contributed by atoms with Crippen LogP contribution in [-0.2, 0) is 16.1 Å². The van der Waals surface area contributed by atoms with Crippen LogP contribution in [0.2, 0.25) is 5.02 Å². The number of carbonyl (C=O) groups is 2. The maximum absolute atomic E-state index is 13.0. The van der Waals surface area contributed by atoms with Gasteiger partial charge < -0.3 is 15.0 Å². The molecule has 2 rings (SSSR count). The summed E-state index contributed by atoms with van der Waals surface area (Å²) in [4.78, 5) is 27.2. The minimum Gasteiger partial charge on any atom is -0.484 e. The standard InChI is InChI=1S/C23H29ClN2O3/c1-5-17(3)25-23(28)18(4)26(14-19-8-6-7-16(2)13-19)22(27)15-29-21-11-9-20(24)10-12-21/h6-13,17-18H,5,14-15H2,1-4H3,(H,25,28)/t17-,18+/m1/s1. The molecule has 156 valence electrons. The zero-order valence-corrected chi connectivity index (χ0v) is 18.2. The smallest absolute Gasteiger partial charge is 0.261 e. The van der Waals surface area contributed by atoms with Crippen molar-refractivity contribution in [2.24, 2.45) is 0 Å². The lowest BCUT2D eigenvalue weighted by Crippen LogP contribution is -2.50. The molecular weight excluding hydrogens is 388 g/mol. The first-order chi connectivity index (χ1) is 13.8. The van der Waals surface area contributed by atoms with Crippen molar-refractivity contribution in [3.8, 4) is 5.75 Å². The molecule has 0 bridgehead atoms. The Morgan fingerprint density at radius 3 is 2.45 bits per heavy atom. The molecule has 0 aromatic heterocycles. The minimum atomic E-state index is -0.620. The van der Waals surface area contributed by atoms with Gasteiger partial charge in [-0.25, -0.2) is 0 Å². The molecule has 1 N–H and O–H groups in total. The summed E-state index contributed by atoms with van der Waals surface area (Å²) in [6.45, 7) is 7.87. The monoisotopic (exact) mass is 416 g/mol. The van der Waals surface area contributed by atoms with E-state index in [-0.39, 0.29) is 24.5 Å². The normalized spacial score (nSPS) is 12.7. The van der Waals surface area contributed by atoms with Gasteiger partial charge in [-0.05, 0) is 57.0 Å². The van der Waals surface area contributed by atoms with Crippen LogP contribution in [-0.4, -0.2) is 35.4 Å². The van der Waals surface area contributed by atoms with Gasteiger partial charge in [-0.1, -0.05) is 48.4 Å². The fourth-order valence-corrected chi connectivity index (χ4v) is 2.94. The molecular formula is C23H29ClN2O3. The number of hydrogen-bond donors (Lipinski definition) is 1. The van der Waals surface area contributed by atoms with E-state index < -0.39 is 6.04 Å². The van der Waals surface area contributed by atoms with Gasteiger partial charge in [0.15, 0.2) is 6.61 Å². The number of hydrogen-bond acceptors (Lipinski definition) is 3. The van der Waals surface area contributed by atoms with Crippen molar-refractivity contribution >= 4 is 23.4 Å². The van der Waals surface area contributed by atoms with Crippen molar-refractivity contribution in [3.63, 3.8) is 0 Å². The SMILES string of the molecule is CC[C@@H](C)NC(=O)[C@H](C)N(Cc1cccc(C)c1)C(=O)COc1ccc(Cl)cc1. The Kier molecular flexibility index (Phi) is 8.52. The molecule has 0 spiro atoms. The van der Waals surface area contributed by atoms with E-state index in [0.717, 1.165) is 17.5 Å². The summed E-state index contributed by atoms with van der Waals surface area (Å²) in [6, 6.07) is 14.2. The van der Waals surface area contributed by atoms with Crippen LogP contribution in [0.4, 0.5) is 0 Å². The van der Waals surface area contributed by atoms with E-state index in [1.165, 1.54) is 0 Å². The summed E-state index contributed by atoms with van der Waals surface area (Å²) in [7, 11) is 0. The molecule has 0 saturated heterocycles. The van der Waals surface area contributed by atoms with Gasteiger partial charge in [-0.15, -0.1) is 0 Å². The lowest BCUT2D eigenvalue weighted by Gasteiger charge is -2.29. The average molecular weight is 417 g/mol. The van der Waals surface area contributed by atoms with Gasteiger partial charge in [0.1, 0.15) is 11.8 Å². The van der Waals surface area contributed by atoms with Crippen molar-refractivity contribution in [2.45, 2.75) is 52.7 Å². The molecule has 5 nitrogen and oxygen atoms in total. The number of rotatable bonds is 9. The number of benzene rings is 2. The van der Waals surface area contributed by atoms with Gasteiger partial charge in [0.25, 0.3) is 5.91 Å². The fraction of sp³-hybridized carbons (Fsp3) is 0.391. The summed E-state index contributed by atoms with van der Waals surface area (Å²) < 4.78 is 5.62. The van der Waals surface area contributed by atoms with E-state index in [1.807, 2.05) is 45.0 Å². The Bertz CT molecular complexity index is 823. The highest BCUT2D eigenvalue weighted by atomic mass is 35.5.